The zero-order chi connectivity index (χ0) is 11.5. The van der Waals surface area contributed by atoms with Crippen LogP contribution in [-0.2, 0) is 11.2 Å². The molecule has 17 heavy (non-hydrogen) atoms. The molecule has 3 nitrogen and oxygen atoms in total. The zero-order valence-corrected chi connectivity index (χ0v) is 11.1. The second kappa shape index (κ2) is 6.03. The molecule has 1 aliphatic heterocycles. The molecule has 0 unspecified atom stereocenters. The van der Waals surface area contributed by atoms with E-state index in [9.17, 15) is 4.79 Å². The molecule has 0 spiro atoms. The highest BCUT2D eigenvalue weighted by atomic mass is 35.5. The molecule has 94 valence electrons. The van der Waals surface area contributed by atoms with Crippen LogP contribution in [-0.4, -0.2) is 37.0 Å². The maximum absolute atomic E-state index is 11.9. The molecule has 0 aliphatic carbocycles. The molecule has 1 saturated heterocycles. The van der Waals surface area contributed by atoms with E-state index in [1.54, 1.807) is 0 Å². The summed E-state index contributed by atoms with van der Waals surface area (Å²) in [4.78, 5) is 13.8. The Balaban J connectivity index is 0.00000144. The lowest BCUT2D eigenvalue weighted by Crippen LogP contribution is -2.57. The van der Waals surface area contributed by atoms with Crippen molar-refractivity contribution in [1.29, 1.82) is 0 Å². The van der Waals surface area contributed by atoms with Crippen LogP contribution in [0.3, 0.4) is 0 Å². The molecular formula is C13H19ClN2O. The minimum Gasteiger partial charge on any atom is -0.340 e. The van der Waals surface area contributed by atoms with Crippen molar-refractivity contribution in [2.24, 2.45) is 0 Å². The van der Waals surface area contributed by atoms with E-state index >= 15 is 0 Å². The number of rotatable bonds is 3. The van der Waals surface area contributed by atoms with Gasteiger partial charge in [-0.05, 0) is 12.5 Å². The molecule has 0 bridgehead atoms. The predicted molar refractivity (Wildman–Crippen MR) is 71.6 cm³/mol. The summed E-state index contributed by atoms with van der Waals surface area (Å²) in [6.07, 6.45) is 0.507. The number of likely N-dealkylation sites (N-methyl/N-ethyl adjacent to an activating group) is 1. The highest BCUT2D eigenvalue weighted by Gasteiger charge is 2.24. The molecule has 1 aromatic carbocycles. The lowest BCUT2D eigenvalue weighted by molar-refractivity contribution is -0.132. The summed E-state index contributed by atoms with van der Waals surface area (Å²) in [6.45, 7) is 3.91. The first-order valence-electron chi connectivity index (χ1n) is 5.69. The van der Waals surface area contributed by atoms with E-state index in [2.05, 4.69) is 12.2 Å². The minimum absolute atomic E-state index is 0. The number of hydrogen-bond donors (Lipinski definition) is 1. The van der Waals surface area contributed by atoms with Crippen molar-refractivity contribution in [3.8, 4) is 0 Å². The largest absolute Gasteiger partial charge is 0.340 e. The fraction of sp³-hybridized carbons (Fsp3) is 0.462. The molecule has 0 radical (unpaired) electrons. The number of carbonyl (C=O) groups is 1. The maximum atomic E-state index is 11.9. The number of hydrogen-bond acceptors (Lipinski definition) is 2. The summed E-state index contributed by atoms with van der Waals surface area (Å²) in [5.74, 6) is 0.204. The van der Waals surface area contributed by atoms with Crippen molar-refractivity contribution in [2.45, 2.75) is 19.4 Å². The van der Waals surface area contributed by atoms with Crippen molar-refractivity contribution in [2.75, 3.05) is 20.1 Å². The quantitative estimate of drug-likeness (QED) is 0.884. The molecule has 1 heterocycles. The van der Waals surface area contributed by atoms with Crippen molar-refractivity contribution >= 4 is 18.3 Å². The third-order valence-corrected chi connectivity index (χ3v) is 3.18. The van der Waals surface area contributed by atoms with E-state index in [0.29, 0.717) is 12.5 Å². The lowest BCUT2D eigenvalue weighted by Gasteiger charge is -2.35. The monoisotopic (exact) mass is 254 g/mol. The topological polar surface area (TPSA) is 32.3 Å². The fourth-order valence-corrected chi connectivity index (χ4v) is 1.76. The van der Waals surface area contributed by atoms with Crippen molar-refractivity contribution < 1.29 is 4.79 Å². The number of carbonyl (C=O) groups excluding carboxylic acids is 1. The van der Waals surface area contributed by atoms with E-state index in [-0.39, 0.29) is 18.3 Å². The maximum Gasteiger partial charge on any atom is 0.227 e. The van der Waals surface area contributed by atoms with E-state index < -0.39 is 0 Å². The van der Waals surface area contributed by atoms with Gasteiger partial charge in [-0.2, -0.15) is 0 Å². The molecule has 1 amide bonds. The summed E-state index contributed by atoms with van der Waals surface area (Å²) >= 11 is 0. The SMILES string of the molecule is Cc1ccc(CC(=O)N(C)C2CNC2)cc1.Cl. The molecule has 1 fully saturated rings. The summed E-state index contributed by atoms with van der Waals surface area (Å²) < 4.78 is 0. The first kappa shape index (κ1) is 14.0. The van der Waals surface area contributed by atoms with Crippen LogP contribution in [0.2, 0.25) is 0 Å². The average molecular weight is 255 g/mol. The lowest BCUT2D eigenvalue weighted by atomic mass is 10.1. The van der Waals surface area contributed by atoms with Crippen molar-refractivity contribution in [3.63, 3.8) is 0 Å². The van der Waals surface area contributed by atoms with Gasteiger partial charge < -0.3 is 10.2 Å². The van der Waals surface area contributed by atoms with Crippen LogP contribution in [0.5, 0.6) is 0 Å². The van der Waals surface area contributed by atoms with Gasteiger partial charge in [0.15, 0.2) is 0 Å². The third kappa shape index (κ3) is 3.45. The first-order valence-corrected chi connectivity index (χ1v) is 5.69. The van der Waals surface area contributed by atoms with Gasteiger partial charge in [0.1, 0.15) is 0 Å². The zero-order valence-electron chi connectivity index (χ0n) is 10.3. The van der Waals surface area contributed by atoms with E-state index in [0.717, 1.165) is 18.7 Å². The number of halogens is 1. The Bertz CT molecular complexity index is 374. The second-order valence-corrected chi connectivity index (χ2v) is 4.48. The summed E-state index contributed by atoms with van der Waals surface area (Å²) in [5.41, 5.74) is 2.32. The van der Waals surface area contributed by atoms with Crippen LogP contribution in [0.25, 0.3) is 0 Å². The molecule has 4 heteroatoms. The normalized spacial score (nSPS) is 14.7. The van der Waals surface area contributed by atoms with Gasteiger partial charge in [-0.25, -0.2) is 0 Å². The Morgan fingerprint density at radius 2 is 1.94 bits per heavy atom. The summed E-state index contributed by atoms with van der Waals surface area (Å²) in [7, 11) is 1.89. The highest BCUT2D eigenvalue weighted by Crippen LogP contribution is 2.08. The van der Waals surface area contributed by atoms with E-state index in [4.69, 9.17) is 0 Å². The van der Waals surface area contributed by atoms with Crippen LogP contribution < -0.4 is 5.32 Å². The molecule has 0 saturated carbocycles. The third-order valence-electron chi connectivity index (χ3n) is 3.18. The van der Waals surface area contributed by atoms with Gasteiger partial charge in [0.05, 0.1) is 12.5 Å². The van der Waals surface area contributed by atoms with Gasteiger partial charge >= 0.3 is 0 Å². The van der Waals surface area contributed by atoms with E-state index in [1.165, 1.54) is 5.56 Å². The van der Waals surface area contributed by atoms with Gasteiger partial charge in [-0.1, -0.05) is 29.8 Å². The summed E-state index contributed by atoms with van der Waals surface area (Å²) in [6, 6.07) is 8.54. The predicted octanol–water partition coefficient (Wildman–Crippen LogP) is 1.39. The average Bonchev–Trinajstić information content (AvgIpc) is 2.19. The van der Waals surface area contributed by atoms with Crippen LogP contribution in [0.15, 0.2) is 24.3 Å². The number of aryl methyl sites for hydroxylation is 1. The molecule has 0 aromatic heterocycles. The second-order valence-electron chi connectivity index (χ2n) is 4.48. The smallest absolute Gasteiger partial charge is 0.227 e. The molecule has 2 rings (SSSR count). The number of amides is 1. The van der Waals surface area contributed by atoms with Crippen molar-refractivity contribution in [1.82, 2.24) is 10.2 Å². The highest BCUT2D eigenvalue weighted by molar-refractivity contribution is 5.85. The first-order chi connectivity index (χ1) is 7.66. The standard InChI is InChI=1S/C13H18N2O.ClH/c1-10-3-5-11(6-4-10)7-13(16)15(2)12-8-14-9-12;/h3-6,12,14H,7-9H2,1-2H3;1H. The number of nitrogens with one attached hydrogen (secondary N) is 1. The van der Waals surface area contributed by atoms with Gasteiger partial charge in [-0.3, -0.25) is 4.79 Å². The Morgan fingerprint density at radius 3 is 2.41 bits per heavy atom. The number of nitrogens with zero attached hydrogens (tertiary/aromatic N) is 1. The molecular weight excluding hydrogens is 236 g/mol. The van der Waals surface area contributed by atoms with Crippen LogP contribution in [0.1, 0.15) is 11.1 Å². The van der Waals surface area contributed by atoms with Gasteiger partial charge in [0.25, 0.3) is 0 Å². The van der Waals surface area contributed by atoms with Crippen molar-refractivity contribution in [3.05, 3.63) is 35.4 Å². The Hall–Kier alpha value is -1.06. The van der Waals surface area contributed by atoms with Gasteiger partial charge in [0, 0.05) is 20.1 Å². The van der Waals surface area contributed by atoms with Crippen LogP contribution in [0, 0.1) is 6.92 Å². The Kier molecular flexibility index (Phi) is 4.97. The van der Waals surface area contributed by atoms with Gasteiger partial charge in [0.2, 0.25) is 5.91 Å². The van der Waals surface area contributed by atoms with Gasteiger partial charge in [-0.15, -0.1) is 12.4 Å². The Morgan fingerprint density at radius 1 is 1.35 bits per heavy atom. The van der Waals surface area contributed by atoms with E-state index in [1.807, 2.05) is 36.2 Å². The molecule has 1 aliphatic rings. The molecule has 1 N–H and O–H groups in total. The van der Waals surface area contributed by atoms with Crippen LogP contribution in [0.4, 0.5) is 0 Å². The molecule has 0 atom stereocenters. The number of benzene rings is 1. The Labute approximate surface area is 109 Å². The molecule has 1 aromatic rings. The van der Waals surface area contributed by atoms with Crippen LogP contribution >= 0.6 is 12.4 Å². The summed E-state index contributed by atoms with van der Waals surface area (Å²) in [5, 5.41) is 3.17. The minimum atomic E-state index is 0. The fourth-order valence-electron chi connectivity index (χ4n) is 1.76.